The molecule has 19 heavy (non-hydrogen) atoms. The normalized spacial score (nSPS) is 13.1. The van der Waals surface area contributed by atoms with Crippen molar-refractivity contribution >= 4 is 17.3 Å². The standard InChI is InChI=1S/C15H18N4/c1-2-16-14-9-15(18-10-17-14)19-13-7-6-11-4-3-5-12(11)8-13/h6-10H,2-5H2,1H3,(H2,16,17,18,19). The van der Waals surface area contributed by atoms with Gasteiger partial charge in [-0.2, -0.15) is 0 Å². The van der Waals surface area contributed by atoms with Crippen molar-refractivity contribution < 1.29 is 0 Å². The lowest BCUT2D eigenvalue weighted by Gasteiger charge is -2.09. The highest BCUT2D eigenvalue weighted by molar-refractivity contribution is 5.60. The number of aryl methyl sites for hydroxylation is 2. The fraction of sp³-hybridized carbons (Fsp3) is 0.333. The summed E-state index contributed by atoms with van der Waals surface area (Å²) in [7, 11) is 0. The van der Waals surface area contributed by atoms with Crippen molar-refractivity contribution in [1.82, 2.24) is 9.97 Å². The zero-order valence-corrected chi connectivity index (χ0v) is 11.1. The summed E-state index contributed by atoms with van der Waals surface area (Å²) >= 11 is 0. The zero-order chi connectivity index (χ0) is 13.1. The van der Waals surface area contributed by atoms with Crippen molar-refractivity contribution in [1.29, 1.82) is 0 Å². The Hall–Kier alpha value is -2.10. The average molecular weight is 254 g/mol. The zero-order valence-electron chi connectivity index (χ0n) is 11.1. The molecule has 98 valence electrons. The minimum absolute atomic E-state index is 0.823. The molecule has 0 bridgehead atoms. The average Bonchev–Trinajstić information content (AvgIpc) is 2.87. The van der Waals surface area contributed by atoms with Gasteiger partial charge in [-0.3, -0.25) is 0 Å². The highest BCUT2D eigenvalue weighted by atomic mass is 15.1. The second-order valence-electron chi connectivity index (χ2n) is 4.78. The van der Waals surface area contributed by atoms with Crippen LogP contribution in [0.1, 0.15) is 24.5 Å². The van der Waals surface area contributed by atoms with E-state index in [4.69, 9.17) is 0 Å². The summed E-state index contributed by atoms with van der Waals surface area (Å²) in [5, 5.41) is 6.53. The predicted octanol–water partition coefficient (Wildman–Crippen LogP) is 3.14. The molecule has 2 aromatic rings. The van der Waals surface area contributed by atoms with E-state index in [1.54, 1.807) is 6.33 Å². The third-order valence-electron chi connectivity index (χ3n) is 3.40. The summed E-state index contributed by atoms with van der Waals surface area (Å²) in [6.07, 6.45) is 5.26. The smallest absolute Gasteiger partial charge is 0.135 e. The van der Waals surface area contributed by atoms with E-state index in [1.165, 1.54) is 30.4 Å². The molecule has 4 nitrogen and oxygen atoms in total. The third-order valence-corrected chi connectivity index (χ3v) is 3.40. The molecule has 1 aliphatic carbocycles. The first-order chi connectivity index (χ1) is 9.35. The first kappa shape index (κ1) is 12.0. The van der Waals surface area contributed by atoms with E-state index < -0.39 is 0 Å². The SMILES string of the molecule is CCNc1cc(Nc2ccc3c(c2)CCC3)ncn1. The van der Waals surface area contributed by atoms with Crippen LogP contribution in [0.3, 0.4) is 0 Å². The van der Waals surface area contributed by atoms with Gasteiger partial charge >= 0.3 is 0 Å². The van der Waals surface area contributed by atoms with Gasteiger partial charge in [0.1, 0.15) is 18.0 Å². The van der Waals surface area contributed by atoms with Crippen molar-refractivity contribution in [3.05, 3.63) is 41.7 Å². The molecule has 0 amide bonds. The lowest BCUT2D eigenvalue weighted by Crippen LogP contribution is -2.01. The molecule has 0 fully saturated rings. The lowest BCUT2D eigenvalue weighted by molar-refractivity contribution is 0.912. The molecule has 4 heteroatoms. The van der Waals surface area contributed by atoms with Crippen molar-refractivity contribution in [2.45, 2.75) is 26.2 Å². The molecule has 0 saturated heterocycles. The summed E-state index contributed by atoms with van der Waals surface area (Å²) in [4.78, 5) is 8.41. The van der Waals surface area contributed by atoms with Crippen molar-refractivity contribution in [2.24, 2.45) is 0 Å². The van der Waals surface area contributed by atoms with Crippen molar-refractivity contribution in [3.63, 3.8) is 0 Å². The van der Waals surface area contributed by atoms with Gasteiger partial charge in [0.05, 0.1) is 0 Å². The molecular formula is C15H18N4. The summed E-state index contributed by atoms with van der Waals surface area (Å²) in [5.41, 5.74) is 4.05. The van der Waals surface area contributed by atoms with E-state index in [0.29, 0.717) is 0 Å². The Morgan fingerprint density at radius 1 is 1.05 bits per heavy atom. The Labute approximate surface area is 113 Å². The van der Waals surface area contributed by atoms with Gasteiger partial charge in [0, 0.05) is 18.3 Å². The molecule has 0 atom stereocenters. The van der Waals surface area contributed by atoms with Crippen LogP contribution in [0.2, 0.25) is 0 Å². The minimum atomic E-state index is 0.823. The molecule has 1 aromatic heterocycles. The third kappa shape index (κ3) is 2.67. The number of nitrogens with one attached hydrogen (secondary N) is 2. The first-order valence-corrected chi connectivity index (χ1v) is 6.80. The van der Waals surface area contributed by atoms with Crippen LogP contribution in [0, 0.1) is 0 Å². The predicted molar refractivity (Wildman–Crippen MR) is 77.9 cm³/mol. The summed E-state index contributed by atoms with van der Waals surface area (Å²) < 4.78 is 0. The van der Waals surface area contributed by atoms with Crippen LogP contribution in [0.5, 0.6) is 0 Å². The molecule has 1 aromatic carbocycles. The maximum atomic E-state index is 4.25. The van der Waals surface area contributed by atoms with Crippen LogP contribution in [0.15, 0.2) is 30.6 Å². The van der Waals surface area contributed by atoms with Crippen LogP contribution >= 0.6 is 0 Å². The molecule has 0 aliphatic heterocycles. The Kier molecular flexibility index (Phi) is 3.31. The number of nitrogens with zero attached hydrogens (tertiary/aromatic N) is 2. The van der Waals surface area contributed by atoms with Crippen molar-refractivity contribution in [2.75, 3.05) is 17.2 Å². The summed E-state index contributed by atoms with van der Waals surface area (Å²) in [6, 6.07) is 8.50. The van der Waals surface area contributed by atoms with Crippen LogP contribution in [-0.2, 0) is 12.8 Å². The summed E-state index contributed by atoms with van der Waals surface area (Å²) in [5.74, 6) is 1.67. The van der Waals surface area contributed by atoms with Gasteiger partial charge in [0.25, 0.3) is 0 Å². The number of hydrogen-bond acceptors (Lipinski definition) is 4. The van der Waals surface area contributed by atoms with E-state index in [0.717, 1.165) is 23.9 Å². The monoisotopic (exact) mass is 254 g/mol. The fourth-order valence-electron chi connectivity index (χ4n) is 2.50. The maximum absolute atomic E-state index is 4.25. The second kappa shape index (κ2) is 5.26. The Morgan fingerprint density at radius 2 is 1.89 bits per heavy atom. The Balaban J connectivity index is 1.79. The van der Waals surface area contributed by atoms with Crippen LogP contribution in [-0.4, -0.2) is 16.5 Å². The largest absolute Gasteiger partial charge is 0.370 e. The van der Waals surface area contributed by atoms with E-state index in [2.05, 4.69) is 45.7 Å². The Morgan fingerprint density at radius 3 is 2.79 bits per heavy atom. The number of fused-ring (bicyclic) bond motifs is 1. The van der Waals surface area contributed by atoms with Crippen LogP contribution in [0.25, 0.3) is 0 Å². The number of benzene rings is 1. The maximum Gasteiger partial charge on any atom is 0.135 e. The molecule has 0 radical (unpaired) electrons. The first-order valence-electron chi connectivity index (χ1n) is 6.80. The fourth-order valence-corrected chi connectivity index (χ4v) is 2.50. The number of aromatic nitrogens is 2. The van der Waals surface area contributed by atoms with E-state index in [-0.39, 0.29) is 0 Å². The quantitative estimate of drug-likeness (QED) is 0.880. The van der Waals surface area contributed by atoms with Gasteiger partial charge in [-0.25, -0.2) is 9.97 Å². The van der Waals surface area contributed by atoms with Crippen molar-refractivity contribution in [3.8, 4) is 0 Å². The molecule has 1 aliphatic rings. The summed E-state index contributed by atoms with van der Waals surface area (Å²) in [6.45, 7) is 2.91. The molecule has 0 unspecified atom stereocenters. The van der Waals surface area contributed by atoms with Crippen LogP contribution < -0.4 is 10.6 Å². The van der Waals surface area contributed by atoms with E-state index in [1.807, 2.05) is 6.07 Å². The molecule has 0 spiro atoms. The van der Waals surface area contributed by atoms with Crippen LogP contribution in [0.4, 0.5) is 17.3 Å². The number of hydrogen-bond donors (Lipinski definition) is 2. The number of rotatable bonds is 4. The molecule has 1 heterocycles. The highest BCUT2D eigenvalue weighted by Crippen LogP contribution is 2.26. The lowest BCUT2D eigenvalue weighted by atomic mass is 10.1. The number of anilines is 3. The molecule has 2 N–H and O–H groups in total. The topological polar surface area (TPSA) is 49.8 Å². The molecular weight excluding hydrogens is 236 g/mol. The molecule has 3 rings (SSSR count). The molecule has 0 saturated carbocycles. The highest BCUT2D eigenvalue weighted by Gasteiger charge is 2.10. The van der Waals surface area contributed by atoms with E-state index in [9.17, 15) is 0 Å². The van der Waals surface area contributed by atoms with Gasteiger partial charge in [-0.05, 0) is 49.4 Å². The van der Waals surface area contributed by atoms with Gasteiger partial charge in [0.15, 0.2) is 0 Å². The van der Waals surface area contributed by atoms with Gasteiger partial charge in [0.2, 0.25) is 0 Å². The van der Waals surface area contributed by atoms with Gasteiger partial charge < -0.3 is 10.6 Å². The Bertz CT molecular complexity index is 580. The minimum Gasteiger partial charge on any atom is -0.370 e. The van der Waals surface area contributed by atoms with E-state index >= 15 is 0 Å². The van der Waals surface area contributed by atoms with Gasteiger partial charge in [-0.15, -0.1) is 0 Å². The second-order valence-corrected chi connectivity index (χ2v) is 4.78. The van der Waals surface area contributed by atoms with Gasteiger partial charge in [-0.1, -0.05) is 6.07 Å².